The Kier molecular flexibility index (Phi) is 3.31. The molecule has 0 saturated carbocycles. The third kappa shape index (κ3) is 2.89. The van der Waals surface area contributed by atoms with Gasteiger partial charge in [0, 0.05) is 17.1 Å². The first-order valence-electron chi connectivity index (χ1n) is 6.87. The maximum absolute atomic E-state index is 12.8. The molecule has 3 rings (SSSR count). The SMILES string of the molecule is [2H]c1c(C(F)(F)F)ccc2c1OCC2NC(C)c1nccs1. The van der Waals surface area contributed by atoms with Crippen LogP contribution in [0.5, 0.6) is 5.75 Å². The molecule has 1 aromatic carbocycles. The second-order valence-corrected chi connectivity index (χ2v) is 5.70. The molecule has 0 spiro atoms. The summed E-state index contributed by atoms with van der Waals surface area (Å²) in [6.45, 7) is 2.14. The summed E-state index contributed by atoms with van der Waals surface area (Å²) in [6, 6.07) is 1.43. The molecule has 3 nitrogen and oxygen atoms in total. The summed E-state index contributed by atoms with van der Waals surface area (Å²) in [5.41, 5.74) is -0.388. The van der Waals surface area contributed by atoms with E-state index in [1.165, 1.54) is 17.4 Å². The van der Waals surface area contributed by atoms with Gasteiger partial charge in [0.25, 0.3) is 0 Å². The first kappa shape index (κ1) is 13.1. The zero-order chi connectivity index (χ0) is 15.9. The van der Waals surface area contributed by atoms with Gasteiger partial charge < -0.3 is 4.74 Å². The van der Waals surface area contributed by atoms with E-state index in [0.29, 0.717) is 5.56 Å². The average Bonchev–Trinajstić information content (AvgIpc) is 3.07. The maximum atomic E-state index is 12.8. The van der Waals surface area contributed by atoms with Crippen molar-refractivity contribution in [3.8, 4) is 5.75 Å². The van der Waals surface area contributed by atoms with Gasteiger partial charge in [-0.3, -0.25) is 5.32 Å². The van der Waals surface area contributed by atoms with Crippen LogP contribution in [0.3, 0.4) is 0 Å². The Labute approximate surface area is 125 Å². The number of nitrogens with one attached hydrogen (secondary N) is 1. The van der Waals surface area contributed by atoms with Gasteiger partial charge in [0.2, 0.25) is 0 Å². The minimum atomic E-state index is -4.55. The minimum absolute atomic E-state index is 0.0127. The van der Waals surface area contributed by atoms with Crippen LogP contribution >= 0.6 is 11.3 Å². The van der Waals surface area contributed by atoms with E-state index in [4.69, 9.17) is 6.11 Å². The Bertz CT molecular complexity index is 675. The molecule has 2 unspecified atom stereocenters. The molecular weight excluding hydrogens is 301 g/mol. The summed E-state index contributed by atoms with van der Waals surface area (Å²) in [6.07, 6.45) is -2.84. The van der Waals surface area contributed by atoms with Crippen LogP contribution in [0.25, 0.3) is 0 Å². The maximum Gasteiger partial charge on any atom is 0.416 e. The molecule has 21 heavy (non-hydrogen) atoms. The predicted octanol–water partition coefficient (Wildman–Crippen LogP) is 3.95. The van der Waals surface area contributed by atoms with Gasteiger partial charge in [-0.25, -0.2) is 4.98 Å². The summed E-state index contributed by atoms with van der Waals surface area (Å²) in [4.78, 5) is 4.21. The number of halogens is 3. The topological polar surface area (TPSA) is 34.1 Å². The summed E-state index contributed by atoms with van der Waals surface area (Å²) in [5, 5.41) is 6.04. The van der Waals surface area contributed by atoms with Gasteiger partial charge in [-0.1, -0.05) is 6.07 Å². The molecule has 1 aliphatic rings. The summed E-state index contributed by atoms with van der Waals surface area (Å²) in [5.74, 6) is 0.0127. The van der Waals surface area contributed by atoms with Crippen LogP contribution < -0.4 is 10.1 Å². The van der Waals surface area contributed by atoms with Gasteiger partial charge in [-0.15, -0.1) is 11.3 Å². The first-order chi connectivity index (χ1) is 10.4. The lowest BCUT2D eigenvalue weighted by Crippen LogP contribution is -2.25. The number of hydrogen-bond donors (Lipinski definition) is 1. The largest absolute Gasteiger partial charge is 0.491 e. The average molecular weight is 315 g/mol. The van der Waals surface area contributed by atoms with Crippen LogP contribution in [0, 0.1) is 0 Å². The Morgan fingerprint density at radius 1 is 1.52 bits per heavy atom. The Hall–Kier alpha value is -1.60. The number of benzene rings is 1. The van der Waals surface area contributed by atoms with E-state index in [0.717, 1.165) is 11.1 Å². The molecule has 1 aromatic heterocycles. The molecule has 0 radical (unpaired) electrons. The van der Waals surface area contributed by atoms with Gasteiger partial charge in [-0.2, -0.15) is 13.2 Å². The minimum Gasteiger partial charge on any atom is -0.491 e. The molecule has 1 N–H and O–H groups in total. The van der Waals surface area contributed by atoms with E-state index in [-0.39, 0.29) is 24.4 Å². The van der Waals surface area contributed by atoms with Crippen molar-refractivity contribution in [3.63, 3.8) is 0 Å². The lowest BCUT2D eigenvalue weighted by Gasteiger charge is -2.17. The Balaban J connectivity index is 1.85. The fraction of sp³-hybridized carbons (Fsp3) is 0.357. The van der Waals surface area contributed by atoms with Crippen molar-refractivity contribution in [2.75, 3.05) is 6.61 Å². The Morgan fingerprint density at radius 3 is 3.00 bits per heavy atom. The number of fused-ring (bicyclic) bond motifs is 1. The van der Waals surface area contributed by atoms with Crippen LogP contribution in [0.1, 0.15) is 36.5 Å². The fourth-order valence-corrected chi connectivity index (χ4v) is 2.91. The van der Waals surface area contributed by atoms with Crippen molar-refractivity contribution >= 4 is 11.3 Å². The number of thiazole rings is 1. The number of nitrogens with zero attached hydrogens (tertiary/aromatic N) is 1. The van der Waals surface area contributed by atoms with Gasteiger partial charge in [0.15, 0.2) is 0 Å². The van der Waals surface area contributed by atoms with Gasteiger partial charge in [0.05, 0.1) is 19.0 Å². The standard InChI is InChI=1S/C14H13F3N2OS/c1-8(13-18-4-5-21-13)19-11-7-20-12-6-9(14(15,16)17)2-3-10(11)12/h2-6,8,11,19H,7H2,1H3/i6D. The summed E-state index contributed by atoms with van der Waals surface area (Å²) in [7, 11) is 0. The van der Waals surface area contributed by atoms with Gasteiger partial charge in [-0.05, 0) is 19.0 Å². The first-order valence-corrected chi connectivity index (χ1v) is 7.25. The number of aromatic nitrogens is 1. The zero-order valence-corrected chi connectivity index (χ0v) is 11.9. The highest BCUT2D eigenvalue weighted by molar-refractivity contribution is 7.09. The predicted molar refractivity (Wildman–Crippen MR) is 73.3 cm³/mol. The molecule has 1 aliphatic heterocycles. The van der Waals surface area contributed by atoms with Gasteiger partial charge >= 0.3 is 6.18 Å². The van der Waals surface area contributed by atoms with Crippen LogP contribution in [0.2, 0.25) is 0 Å². The third-order valence-electron chi connectivity index (χ3n) is 3.29. The number of ether oxygens (including phenoxy) is 1. The molecular formula is C14H13F3N2OS. The van der Waals surface area contributed by atoms with Crippen LogP contribution in [0.15, 0.2) is 29.8 Å². The molecule has 2 aromatic rings. The molecule has 2 atom stereocenters. The monoisotopic (exact) mass is 315 g/mol. The molecule has 0 saturated heterocycles. The van der Waals surface area contributed by atoms with Crippen molar-refractivity contribution in [3.05, 3.63) is 45.9 Å². The van der Waals surface area contributed by atoms with E-state index in [1.54, 1.807) is 6.20 Å². The Morgan fingerprint density at radius 2 is 2.33 bits per heavy atom. The smallest absolute Gasteiger partial charge is 0.416 e. The van der Waals surface area contributed by atoms with Crippen LogP contribution in [-0.2, 0) is 6.18 Å². The number of alkyl halides is 3. The van der Waals surface area contributed by atoms with Crippen LogP contribution in [0.4, 0.5) is 13.2 Å². The lowest BCUT2D eigenvalue weighted by atomic mass is 10.1. The second kappa shape index (κ2) is 5.31. The van der Waals surface area contributed by atoms with E-state index < -0.39 is 17.8 Å². The second-order valence-electron chi connectivity index (χ2n) is 4.78. The van der Waals surface area contributed by atoms with Crippen molar-refractivity contribution in [2.45, 2.75) is 25.2 Å². The molecule has 0 aliphatic carbocycles. The summed E-state index contributed by atoms with van der Waals surface area (Å²) < 4.78 is 51.5. The summed E-state index contributed by atoms with van der Waals surface area (Å²) >= 11 is 1.50. The zero-order valence-electron chi connectivity index (χ0n) is 12.1. The molecule has 112 valence electrons. The van der Waals surface area contributed by atoms with E-state index in [9.17, 15) is 13.2 Å². The van der Waals surface area contributed by atoms with Gasteiger partial charge in [0.1, 0.15) is 17.4 Å². The lowest BCUT2D eigenvalue weighted by molar-refractivity contribution is -0.137. The fourth-order valence-electron chi connectivity index (χ4n) is 2.26. The van der Waals surface area contributed by atoms with Crippen molar-refractivity contribution in [1.82, 2.24) is 10.3 Å². The molecule has 7 heteroatoms. The van der Waals surface area contributed by atoms with Crippen molar-refractivity contribution < 1.29 is 19.3 Å². The van der Waals surface area contributed by atoms with E-state index in [2.05, 4.69) is 10.3 Å². The highest BCUT2D eigenvalue weighted by atomic mass is 32.1. The third-order valence-corrected chi connectivity index (χ3v) is 4.25. The van der Waals surface area contributed by atoms with Crippen LogP contribution in [-0.4, -0.2) is 11.6 Å². The highest BCUT2D eigenvalue weighted by Gasteiger charge is 2.34. The molecule has 0 bridgehead atoms. The number of hydrogen-bond acceptors (Lipinski definition) is 4. The number of rotatable bonds is 3. The molecule has 0 amide bonds. The van der Waals surface area contributed by atoms with E-state index >= 15 is 0 Å². The normalized spacial score (nSPS) is 19.8. The molecule has 2 heterocycles. The van der Waals surface area contributed by atoms with E-state index in [1.807, 2.05) is 12.3 Å². The highest BCUT2D eigenvalue weighted by Crippen LogP contribution is 2.39. The molecule has 0 fully saturated rings. The van der Waals surface area contributed by atoms with Crippen molar-refractivity contribution in [1.29, 1.82) is 0 Å². The van der Waals surface area contributed by atoms with Crippen molar-refractivity contribution in [2.24, 2.45) is 0 Å². The quantitative estimate of drug-likeness (QED) is 0.931.